The van der Waals surface area contributed by atoms with Crippen molar-refractivity contribution < 1.29 is 4.79 Å². The van der Waals surface area contributed by atoms with Gasteiger partial charge in [-0.05, 0) is 37.1 Å². The molecule has 0 spiro atoms. The van der Waals surface area contributed by atoms with Gasteiger partial charge in [-0.15, -0.1) is 0 Å². The zero-order valence-electron chi connectivity index (χ0n) is 13.3. The number of carbonyl (C=O) groups is 1. The summed E-state index contributed by atoms with van der Waals surface area (Å²) < 4.78 is 0. The maximum Gasteiger partial charge on any atom is 0.139 e. The largest absolute Gasteiger partial charge is 0.349 e. The molecule has 2 fully saturated rings. The van der Waals surface area contributed by atoms with Gasteiger partial charge in [-0.25, -0.2) is 0 Å². The molecule has 2 aliphatic rings. The Bertz CT molecular complexity index is 623. The van der Waals surface area contributed by atoms with E-state index in [2.05, 4.69) is 58.3 Å². The number of para-hydroxylation sites is 2. The lowest BCUT2D eigenvalue weighted by atomic mass is 10.0. The fourth-order valence-electron chi connectivity index (χ4n) is 4.04. The van der Waals surface area contributed by atoms with Crippen molar-refractivity contribution in [2.75, 3.05) is 22.9 Å². The highest BCUT2D eigenvalue weighted by atomic mass is 16.1. The minimum absolute atomic E-state index is 0.123. The first-order valence-electron chi connectivity index (χ1n) is 8.51. The van der Waals surface area contributed by atoms with Gasteiger partial charge in [0, 0.05) is 30.9 Å². The van der Waals surface area contributed by atoms with Crippen LogP contribution in [-0.2, 0) is 4.79 Å². The molecular weight excluding hydrogens is 284 g/mol. The Morgan fingerprint density at radius 2 is 1.30 bits per heavy atom. The molecule has 0 amide bonds. The molecule has 4 rings (SSSR count). The third-order valence-electron chi connectivity index (χ3n) is 5.11. The Kier molecular flexibility index (Phi) is 3.78. The molecule has 3 nitrogen and oxygen atoms in total. The van der Waals surface area contributed by atoms with Crippen LogP contribution in [0.4, 0.5) is 11.4 Å². The SMILES string of the molecule is O=C1CCCC1C1N(c2ccccc2)CCN1c1ccccc1. The molecule has 1 unspecified atom stereocenters. The van der Waals surface area contributed by atoms with Gasteiger partial charge < -0.3 is 9.80 Å². The summed E-state index contributed by atoms with van der Waals surface area (Å²) in [7, 11) is 0. The van der Waals surface area contributed by atoms with E-state index < -0.39 is 0 Å². The van der Waals surface area contributed by atoms with Crippen molar-refractivity contribution in [1.29, 1.82) is 0 Å². The minimum atomic E-state index is 0.123. The lowest BCUT2D eigenvalue weighted by Gasteiger charge is -2.36. The standard InChI is InChI=1S/C20H22N2O/c23-19-13-7-12-18(19)20-21(16-8-3-1-4-9-16)14-15-22(20)17-10-5-2-6-11-17/h1-6,8-11,18,20H,7,12-15H2. The number of Topliss-reactive ketones (excluding diaryl/α,β-unsaturated/α-hetero) is 1. The minimum Gasteiger partial charge on any atom is -0.349 e. The number of nitrogens with zero attached hydrogens (tertiary/aromatic N) is 2. The molecule has 1 saturated heterocycles. The first kappa shape index (κ1) is 14.3. The van der Waals surface area contributed by atoms with E-state index in [9.17, 15) is 4.79 Å². The summed E-state index contributed by atoms with van der Waals surface area (Å²) in [5, 5.41) is 0. The average molecular weight is 306 g/mol. The van der Waals surface area contributed by atoms with E-state index in [1.165, 1.54) is 11.4 Å². The molecule has 0 aromatic heterocycles. The van der Waals surface area contributed by atoms with Crippen molar-refractivity contribution in [2.45, 2.75) is 25.4 Å². The van der Waals surface area contributed by atoms with Gasteiger partial charge in [0.05, 0.1) is 5.92 Å². The molecule has 3 heteroatoms. The van der Waals surface area contributed by atoms with Gasteiger partial charge in [-0.3, -0.25) is 4.79 Å². The molecule has 1 aliphatic carbocycles. The molecule has 1 atom stereocenters. The third kappa shape index (κ3) is 2.61. The topological polar surface area (TPSA) is 23.6 Å². The van der Waals surface area contributed by atoms with Crippen LogP contribution in [0.5, 0.6) is 0 Å². The van der Waals surface area contributed by atoms with Gasteiger partial charge >= 0.3 is 0 Å². The number of hydrogen-bond donors (Lipinski definition) is 0. The molecule has 23 heavy (non-hydrogen) atoms. The summed E-state index contributed by atoms with van der Waals surface area (Å²) in [4.78, 5) is 17.3. The predicted molar refractivity (Wildman–Crippen MR) is 93.7 cm³/mol. The zero-order valence-corrected chi connectivity index (χ0v) is 13.3. The highest BCUT2D eigenvalue weighted by Crippen LogP contribution is 2.37. The first-order chi connectivity index (χ1) is 11.3. The van der Waals surface area contributed by atoms with Gasteiger partial charge in [0.2, 0.25) is 0 Å². The summed E-state index contributed by atoms with van der Waals surface area (Å²) in [6.45, 7) is 1.93. The first-order valence-corrected chi connectivity index (χ1v) is 8.51. The second-order valence-corrected chi connectivity index (χ2v) is 6.44. The normalized spacial score (nSPS) is 22.1. The van der Waals surface area contributed by atoms with E-state index in [0.717, 1.165) is 32.4 Å². The van der Waals surface area contributed by atoms with Crippen molar-refractivity contribution in [3.8, 4) is 0 Å². The monoisotopic (exact) mass is 306 g/mol. The number of benzene rings is 2. The van der Waals surface area contributed by atoms with Crippen LogP contribution in [0.2, 0.25) is 0 Å². The molecule has 0 N–H and O–H groups in total. The van der Waals surface area contributed by atoms with Crippen molar-refractivity contribution in [2.24, 2.45) is 5.92 Å². The summed E-state index contributed by atoms with van der Waals surface area (Å²) in [5.41, 5.74) is 2.44. The Labute approximate surface area is 137 Å². The van der Waals surface area contributed by atoms with Crippen LogP contribution in [0, 0.1) is 5.92 Å². The Balaban J connectivity index is 1.71. The van der Waals surface area contributed by atoms with E-state index >= 15 is 0 Å². The van der Waals surface area contributed by atoms with E-state index in [0.29, 0.717) is 5.78 Å². The lowest BCUT2D eigenvalue weighted by molar-refractivity contribution is -0.121. The molecule has 1 heterocycles. The van der Waals surface area contributed by atoms with Crippen LogP contribution in [0.3, 0.4) is 0 Å². The maximum absolute atomic E-state index is 12.5. The van der Waals surface area contributed by atoms with Crippen LogP contribution in [0.1, 0.15) is 19.3 Å². The number of rotatable bonds is 3. The predicted octanol–water partition coefficient (Wildman–Crippen LogP) is 3.71. The van der Waals surface area contributed by atoms with Crippen molar-refractivity contribution in [1.82, 2.24) is 0 Å². The van der Waals surface area contributed by atoms with E-state index in [-0.39, 0.29) is 12.1 Å². The highest BCUT2D eigenvalue weighted by Gasteiger charge is 2.42. The quantitative estimate of drug-likeness (QED) is 0.863. The fraction of sp³-hybridized carbons (Fsp3) is 0.350. The Morgan fingerprint density at radius 3 is 1.74 bits per heavy atom. The van der Waals surface area contributed by atoms with Crippen LogP contribution >= 0.6 is 0 Å². The molecule has 0 bridgehead atoms. The maximum atomic E-state index is 12.5. The number of carbonyl (C=O) groups excluding carboxylic acids is 1. The molecule has 2 aromatic rings. The molecule has 1 saturated carbocycles. The van der Waals surface area contributed by atoms with Gasteiger partial charge in [-0.1, -0.05) is 36.4 Å². The molecule has 0 radical (unpaired) electrons. The number of ketones is 1. The second kappa shape index (κ2) is 6.07. The smallest absolute Gasteiger partial charge is 0.139 e. The summed E-state index contributed by atoms with van der Waals surface area (Å²) in [6, 6.07) is 21.0. The van der Waals surface area contributed by atoms with Gasteiger partial charge in [0.1, 0.15) is 11.9 Å². The second-order valence-electron chi connectivity index (χ2n) is 6.44. The van der Waals surface area contributed by atoms with Crippen LogP contribution in [0.25, 0.3) is 0 Å². The molecular formula is C20H22N2O. The highest BCUT2D eigenvalue weighted by molar-refractivity contribution is 5.85. The molecule has 118 valence electrons. The van der Waals surface area contributed by atoms with E-state index in [1.807, 2.05) is 12.1 Å². The van der Waals surface area contributed by atoms with Crippen molar-refractivity contribution in [3.63, 3.8) is 0 Å². The van der Waals surface area contributed by atoms with E-state index in [1.54, 1.807) is 0 Å². The van der Waals surface area contributed by atoms with Crippen molar-refractivity contribution in [3.05, 3.63) is 60.7 Å². The van der Waals surface area contributed by atoms with Crippen LogP contribution in [0.15, 0.2) is 60.7 Å². The molecule has 2 aromatic carbocycles. The van der Waals surface area contributed by atoms with Crippen LogP contribution in [-0.4, -0.2) is 25.0 Å². The third-order valence-corrected chi connectivity index (χ3v) is 5.11. The zero-order chi connectivity index (χ0) is 15.6. The van der Waals surface area contributed by atoms with Gasteiger partial charge in [0.25, 0.3) is 0 Å². The van der Waals surface area contributed by atoms with Gasteiger partial charge in [0.15, 0.2) is 0 Å². The molecule has 1 aliphatic heterocycles. The summed E-state index contributed by atoms with van der Waals surface area (Å²) in [6.07, 6.45) is 2.93. The fourth-order valence-corrected chi connectivity index (χ4v) is 4.04. The van der Waals surface area contributed by atoms with Crippen LogP contribution < -0.4 is 9.80 Å². The number of anilines is 2. The number of hydrogen-bond acceptors (Lipinski definition) is 3. The van der Waals surface area contributed by atoms with E-state index in [4.69, 9.17) is 0 Å². The van der Waals surface area contributed by atoms with Crippen molar-refractivity contribution >= 4 is 17.2 Å². The average Bonchev–Trinajstić information content (AvgIpc) is 3.22. The van der Waals surface area contributed by atoms with Gasteiger partial charge in [-0.2, -0.15) is 0 Å². The summed E-state index contributed by atoms with van der Waals surface area (Å²) >= 11 is 0. The summed E-state index contributed by atoms with van der Waals surface area (Å²) in [5.74, 6) is 0.552. The Hall–Kier alpha value is -2.29. The lowest BCUT2D eigenvalue weighted by Crippen LogP contribution is -2.46. The Morgan fingerprint density at radius 1 is 0.783 bits per heavy atom.